The maximum atomic E-state index is 14.6. The highest BCUT2D eigenvalue weighted by atomic mass is 35.5. The average molecular weight is 587 g/mol. The summed E-state index contributed by atoms with van der Waals surface area (Å²) in [5, 5.41) is 9.28. The summed E-state index contributed by atoms with van der Waals surface area (Å²) >= 11 is 7.42. The van der Waals surface area contributed by atoms with E-state index in [9.17, 15) is 18.7 Å². The molecule has 4 aromatic rings. The van der Waals surface area contributed by atoms with Crippen LogP contribution < -0.4 is 10.5 Å². The summed E-state index contributed by atoms with van der Waals surface area (Å²) in [5.41, 5.74) is 8.07. The summed E-state index contributed by atoms with van der Waals surface area (Å²) in [6.07, 6.45) is 4.82. The molecule has 1 heterocycles. The number of hydrogen-bond donors (Lipinski definition) is 2. The SMILES string of the molecule is CN.COc1ccc(-c2ccc(CO)cc2)cc1CN(C(=O)c1sc2c(F)ccc(F)c2c1Cl)C1CCCCC1. The van der Waals surface area contributed by atoms with Gasteiger partial charge in [-0.15, -0.1) is 11.3 Å². The average Bonchev–Trinajstić information content (AvgIpc) is 3.37. The minimum atomic E-state index is -0.646. The number of benzene rings is 3. The number of nitrogens with zero attached hydrogens (tertiary/aromatic N) is 1. The molecule has 9 heteroatoms. The van der Waals surface area contributed by atoms with E-state index in [0.717, 1.165) is 77.8 Å². The number of ether oxygens (including phenoxy) is 1. The van der Waals surface area contributed by atoms with Crippen LogP contribution in [0.1, 0.15) is 52.9 Å². The Labute approximate surface area is 242 Å². The number of carbonyl (C=O) groups is 1. The molecule has 40 heavy (non-hydrogen) atoms. The number of rotatable bonds is 7. The molecule has 0 atom stereocenters. The van der Waals surface area contributed by atoms with Crippen molar-refractivity contribution in [3.8, 4) is 16.9 Å². The Hall–Kier alpha value is -3.04. The molecule has 1 aliphatic rings. The lowest BCUT2D eigenvalue weighted by Gasteiger charge is -2.34. The molecule has 5 rings (SSSR count). The summed E-state index contributed by atoms with van der Waals surface area (Å²) in [5.74, 6) is -0.929. The first-order valence-corrected chi connectivity index (χ1v) is 14.4. The van der Waals surface area contributed by atoms with Gasteiger partial charge in [-0.2, -0.15) is 0 Å². The summed E-state index contributed by atoms with van der Waals surface area (Å²) < 4.78 is 34.8. The van der Waals surface area contributed by atoms with Crippen LogP contribution >= 0.6 is 22.9 Å². The van der Waals surface area contributed by atoms with Crippen LogP contribution in [0.15, 0.2) is 54.6 Å². The van der Waals surface area contributed by atoms with E-state index in [0.29, 0.717) is 5.75 Å². The Bertz CT molecular complexity index is 1470. The van der Waals surface area contributed by atoms with Crippen LogP contribution in [0.3, 0.4) is 0 Å². The fraction of sp³-hybridized carbons (Fsp3) is 0.323. The van der Waals surface area contributed by atoms with Gasteiger partial charge in [0, 0.05) is 18.2 Å². The Morgan fingerprint density at radius 2 is 1.68 bits per heavy atom. The van der Waals surface area contributed by atoms with Gasteiger partial charge >= 0.3 is 0 Å². The quantitative estimate of drug-likeness (QED) is 0.234. The van der Waals surface area contributed by atoms with Crippen LogP contribution in [-0.4, -0.2) is 36.1 Å². The molecule has 3 aromatic carbocycles. The van der Waals surface area contributed by atoms with Gasteiger partial charge in [0.2, 0.25) is 0 Å². The highest BCUT2D eigenvalue weighted by Crippen LogP contribution is 2.40. The fourth-order valence-electron chi connectivity index (χ4n) is 5.19. The summed E-state index contributed by atoms with van der Waals surface area (Å²) in [4.78, 5) is 16.0. The highest BCUT2D eigenvalue weighted by Gasteiger charge is 2.31. The molecular formula is C31H33ClF2N2O3S. The van der Waals surface area contributed by atoms with Gasteiger partial charge in [0.25, 0.3) is 5.91 Å². The van der Waals surface area contributed by atoms with E-state index in [2.05, 4.69) is 5.73 Å². The summed E-state index contributed by atoms with van der Waals surface area (Å²) in [6, 6.07) is 15.5. The topological polar surface area (TPSA) is 75.8 Å². The van der Waals surface area contributed by atoms with Gasteiger partial charge in [0.05, 0.1) is 28.8 Å². The predicted octanol–water partition coefficient (Wildman–Crippen LogP) is 7.55. The summed E-state index contributed by atoms with van der Waals surface area (Å²) in [7, 11) is 3.09. The lowest BCUT2D eigenvalue weighted by atomic mass is 9.93. The first-order valence-electron chi connectivity index (χ1n) is 13.2. The van der Waals surface area contributed by atoms with Gasteiger partial charge in [0.1, 0.15) is 22.3 Å². The molecule has 1 aromatic heterocycles. The third kappa shape index (κ3) is 6.15. The molecule has 0 aliphatic heterocycles. The molecule has 0 unspecified atom stereocenters. The molecule has 5 nitrogen and oxygen atoms in total. The zero-order valence-electron chi connectivity index (χ0n) is 22.6. The van der Waals surface area contributed by atoms with Crippen molar-refractivity contribution < 1.29 is 23.4 Å². The van der Waals surface area contributed by atoms with Crippen LogP contribution in [0.2, 0.25) is 5.02 Å². The Kier molecular flexibility index (Phi) is 10.1. The van der Waals surface area contributed by atoms with Crippen molar-refractivity contribution in [1.82, 2.24) is 4.90 Å². The number of amides is 1. The number of aliphatic hydroxyl groups excluding tert-OH is 1. The highest BCUT2D eigenvalue weighted by molar-refractivity contribution is 7.21. The Morgan fingerprint density at radius 1 is 1.02 bits per heavy atom. The van der Waals surface area contributed by atoms with Gasteiger partial charge < -0.3 is 20.5 Å². The molecule has 0 spiro atoms. The first-order chi connectivity index (χ1) is 19.4. The zero-order valence-corrected chi connectivity index (χ0v) is 24.1. The molecule has 1 saturated carbocycles. The maximum absolute atomic E-state index is 14.6. The molecule has 1 amide bonds. The van der Waals surface area contributed by atoms with Gasteiger partial charge in [-0.05, 0) is 60.8 Å². The van der Waals surface area contributed by atoms with Crippen LogP contribution in [0.25, 0.3) is 21.2 Å². The van der Waals surface area contributed by atoms with E-state index >= 15 is 0 Å². The molecule has 1 fully saturated rings. The fourth-order valence-corrected chi connectivity index (χ4v) is 6.70. The number of hydrogen-bond acceptors (Lipinski definition) is 5. The van der Waals surface area contributed by atoms with E-state index in [-0.39, 0.29) is 45.1 Å². The molecule has 3 N–H and O–H groups in total. The number of nitrogens with two attached hydrogens (primary N) is 1. The zero-order chi connectivity index (χ0) is 28.8. The molecule has 0 saturated heterocycles. The van der Waals surface area contributed by atoms with Crippen molar-refractivity contribution in [3.63, 3.8) is 0 Å². The number of thiophene rings is 1. The smallest absolute Gasteiger partial charge is 0.266 e. The third-order valence-electron chi connectivity index (χ3n) is 7.24. The van der Waals surface area contributed by atoms with E-state index in [4.69, 9.17) is 16.3 Å². The molecular weight excluding hydrogens is 554 g/mol. The molecule has 0 bridgehead atoms. The summed E-state index contributed by atoms with van der Waals surface area (Å²) in [6.45, 7) is 0.242. The first kappa shape index (κ1) is 29.9. The van der Waals surface area contributed by atoms with Gasteiger partial charge in [0.15, 0.2) is 0 Å². The monoisotopic (exact) mass is 586 g/mol. The standard InChI is InChI=1S/C30H28ClF2NO3S.CH5N/c1-37-25-14-11-20(19-9-7-18(17-35)8-10-19)15-21(25)16-34(22-5-3-2-4-6-22)30(36)29-27(31)26-23(32)12-13-24(33)28(26)38-29;1-2/h7-15,22,35H,2-6,16-17H2,1H3;2H2,1H3. The van der Waals surface area contributed by atoms with Crippen LogP contribution in [0.5, 0.6) is 5.75 Å². The second-order valence-electron chi connectivity index (χ2n) is 9.59. The minimum absolute atomic E-state index is 0.0237. The van der Waals surface area contributed by atoms with Crippen molar-refractivity contribution in [2.75, 3.05) is 14.2 Å². The Balaban J connectivity index is 0.00000181. The van der Waals surface area contributed by atoms with Crippen molar-refractivity contribution in [2.45, 2.75) is 51.3 Å². The van der Waals surface area contributed by atoms with Crippen molar-refractivity contribution >= 4 is 38.9 Å². The number of fused-ring (bicyclic) bond motifs is 1. The van der Waals surface area contributed by atoms with E-state index in [1.54, 1.807) is 12.0 Å². The number of halogens is 3. The number of aliphatic hydroxyl groups is 1. The van der Waals surface area contributed by atoms with Crippen LogP contribution in [-0.2, 0) is 13.2 Å². The normalized spacial score (nSPS) is 13.6. The van der Waals surface area contributed by atoms with E-state index in [1.807, 2.05) is 42.5 Å². The van der Waals surface area contributed by atoms with Gasteiger partial charge in [-0.25, -0.2) is 8.78 Å². The molecule has 212 valence electrons. The van der Waals surface area contributed by atoms with Crippen LogP contribution in [0, 0.1) is 11.6 Å². The third-order valence-corrected chi connectivity index (χ3v) is 8.92. The largest absolute Gasteiger partial charge is 0.496 e. The van der Waals surface area contributed by atoms with Crippen LogP contribution in [0.4, 0.5) is 8.78 Å². The van der Waals surface area contributed by atoms with Crippen molar-refractivity contribution in [2.24, 2.45) is 5.73 Å². The number of methoxy groups -OCH3 is 1. The lowest BCUT2D eigenvalue weighted by molar-refractivity contribution is 0.0618. The minimum Gasteiger partial charge on any atom is -0.496 e. The van der Waals surface area contributed by atoms with Gasteiger partial charge in [-0.1, -0.05) is 61.2 Å². The maximum Gasteiger partial charge on any atom is 0.266 e. The van der Waals surface area contributed by atoms with Crippen molar-refractivity contribution in [1.29, 1.82) is 0 Å². The van der Waals surface area contributed by atoms with E-state index in [1.165, 1.54) is 7.05 Å². The van der Waals surface area contributed by atoms with Crippen molar-refractivity contribution in [3.05, 3.63) is 87.3 Å². The second-order valence-corrected chi connectivity index (χ2v) is 11.0. The number of carbonyl (C=O) groups excluding carboxylic acids is 1. The molecule has 0 radical (unpaired) electrons. The van der Waals surface area contributed by atoms with E-state index < -0.39 is 11.6 Å². The molecule has 1 aliphatic carbocycles. The second kappa shape index (κ2) is 13.5. The Morgan fingerprint density at radius 3 is 2.30 bits per heavy atom. The van der Waals surface area contributed by atoms with Gasteiger partial charge in [-0.3, -0.25) is 4.79 Å². The predicted molar refractivity (Wildman–Crippen MR) is 158 cm³/mol. The lowest BCUT2D eigenvalue weighted by Crippen LogP contribution is -2.40.